The Kier molecular flexibility index (Phi) is 5.17. The lowest BCUT2D eigenvalue weighted by Crippen LogP contribution is -2.17. The zero-order valence-electron chi connectivity index (χ0n) is 13.1. The van der Waals surface area contributed by atoms with Gasteiger partial charge in [0.25, 0.3) is 0 Å². The number of methoxy groups -OCH3 is 1. The summed E-state index contributed by atoms with van der Waals surface area (Å²) in [7, 11) is 1.68. The van der Waals surface area contributed by atoms with E-state index in [0.717, 1.165) is 40.2 Å². The number of thiazole rings is 1. The van der Waals surface area contributed by atoms with Crippen LogP contribution < -0.4 is 9.54 Å². The standard InChI is InChI=1S/C16H22N2O2S/c1-5-7-13(19)17-16-18(10-6-2)14-12(20-4)9-8-11(3)15(14)21-16/h8-9H,5-7,10H2,1-4H3. The monoisotopic (exact) mass is 306 g/mol. The van der Waals surface area contributed by atoms with Crippen LogP contribution in [0.25, 0.3) is 10.2 Å². The first kappa shape index (κ1) is 15.8. The zero-order valence-corrected chi connectivity index (χ0v) is 13.9. The van der Waals surface area contributed by atoms with E-state index in [1.165, 1.54) is 5.56 Å². The average molecular weight is 306 g/mol. The average Bonchev–Trinajstić information content (AvgIpc) is 2.80. The third-order valence-corrected chi connectivity index (χ3v) is 4.55. The third-order valence-electron chi connectivity index (χ3n) is 3.34. The van der Waals surface area contributed by atoms with Gasteiger partial charge in [0.15, 0.2) is 4.80 Å². The number of benzene rings is 1. The summed E-state index contributed by atoms with van der Waals surface area (Å²) in [5.41, 5.74) is 2.23. The van der Waals surface area contributed by atoms with Crippen LogP contribution in [-0.4, -0.2) is 17.6 Å². The molecule has 1 amide bonds. The molecular formula is C16H22N2O2S. The molecule has 1 aromatic carbocycles. The van der Waals surface area contributed by atoms with Gasteiger partial charge in [-0.1, -0.05) is 31.3 Å². The molecule has 0 aliphatic carbocycles. The highest BCUT2D eigenvalue weighted by atomic mass is 32.1. The smallest absolute Gasteiger partial charge is 0.248 e. The molecule has 0 fully saturated rings. The van der Waals surface area contributed by atoms with E-state index >= 15 is 0 Å². The van der Waals surface area contributed by atoms with Crippen molar-refractivity contribution < 1.29 is 9.53 Å². The number of nitrogens with zero attached hydrogens (tertiary/aromatic N) is 2. The van der Waals surface area contributed by atoms with Gasteiger partial charge in [-0.05, 0) is 31.4 Å². The first-order valence-corrected chi connectivity index (χ1v) is 8.18. The first-order chi connectivity index (χ1) is 10.1. The molecule has 0 aliphatic heterocycles. The van der Waals surface area contributed by atoms with Gasteiger partial charge in [0.2, 0.25) is 5.91 Å². The minimum atomic E-state index is -0.0504. The van der Waals surface area contributed by atoms with Crippen LogP contribution in [0.4, 0.5) is 0 Å². The highest BCUT2D eigenvalue weighted by Crippen LogP contribution is 2.30. The summed E-state index contributed by atoms with van der Waals surface area (Å²) in [5, 5.41) is 0. The van der Waals surface area contributed by atoms with Crippen LogP contribution in [0.5, 0.6) is 5.75 Å². The van der Waals surface area contributed by atoms with Crippen LogP contribution in [0, 0.1) is 6.92 Å². The van der Waals surface area contributed by atoms with E-state index in [4.69, 9.17) is 4.74 Å². The summed E-state index contributed by atoms with van der Waals surface area (Å²) in [4.78, 5) is 17.0. The van der Waals surface area contributed by atoms with Crippen molar-refractivity contribution in [2.45, 2.75) is 46.6 Å². The predicted octanol–water partition coefficient (Wildman–Crippen LogP) is 3.66. The number of hydrogen-bond acceptors (Lipinski definition) is 3. The van der Waals surface area contributed by atoms with Crippen LogP contribution in [0.1, 0.15) is 38.7 Å². The Labute approximate surface area is 129 Å². The summed E-state index contributed by atoms with van der Waals surface area (Å²) in [6.45, 7) is 7.02. The van der Waals surface area contributed by atoms with Crippen molar-refractivity contribution in [1.29, 1.82) is 0 Å². The molecule has 1 heterocycles. The van der Waals surface area contributed by atoms with E-state index in [1.807, 2.05) is 19.1 Å². The van der Waals surface area contributed by atoms with Gasteiger partial charge in [-0.2, -0.15) is 4.99 Å². The number of carbonyl (C=O) groups excluding carboxylic acids is 1. The lowest BCUT2D eigenvalue weighted by molar-refractivity contribution is -0.118. The van der Waals surface area contributed by atoms with Gasteiger partial charge in [-0.15, -0.1) is 0 Å². The third kappa shape index (κ3) is 3.18. The summed E-state index contributed by atoms with van der Waals surface area (Å²) in [5.74, 6) is 0.787. The van der Waals surface area contributed by atoms with Gasteiger partial charge in [0.05, 0.1) is 11.8 Å². The molecule has 0 N–H and O–H groups in total. The fourth-order valence-electron chi connectivity index (χ4n) is 2.34. The summed E-state index contributed by atoms with van der Waals surface area (Å²) < 4.78 is 8.75. The second-order valence-corrected chi connectivity index (χ2v) is 6.03. The van der Waals surface area contributed by atoms with Gasteiger partial charge in [0.1, 0.15) is 11.3 Å². The first-order valence-electron chi connectivity index (χ1n) is 7.36. The van der Waals surface area contributed by atoms with E-state index in [9.17, 15) is 4.79 Å². The second-order valence-electron chi connectivity index (χ2n) is 5.05. The van der Waals surface area contributed by atoms with Crippen molar-refractivity contribution in [2.75, 3.05) is 7.11 Å². The van der Waals surface area contributed by atoms with Gasteiger partial charge < -0.3 is 9.30 Å². The largest absolute Gasteiger partial charge is 0.495 e. The van der Waals surface area contributed by atoms with Crippen LogP contribution in [0.3, 0.4) is 0 Å². The summed E-state index contributed by atoms with van der Waals surface area (Å²) >= 11 is 1.57. The van der Waals surface area contributed by atoms with Crippen molar-refractivity contribution in [2.24, 2.45) is 4.99 Å². The van der Waals surface area contributed by atoms with E-state index in [2.05, 4.69) is 23.4 Å². The van der Waals surface area contributed by atoms with E-state index in [0.29, 0.717) is 6.42 Å². The maximum Gasteiger partial charge on any atom is 0.248 e. The van der Waals surface area contributed by atoms with Crippen LogP contribution in [-0.2, 0) is 11.3 Å². The molecule has 2 aromatic rings. The van der Waals surface area contributed by atoms with Crippen molar-refractivity contribution in [3.05, 3.63) is 22.5 Å². The lowest BCUT2D eigenvalue weighted by Gasteiger charge is -2.08. The van der Waals surface area contributed by atoms with E-state index < -0.39 is 0 Å². The fourth-order valence-corrected chi connectivity index (χ4v) is 3.50. The molecule has 0 saturated carbocycles. The minimum absolute atomic E-state index is 0.0504. The summed E-state index contributed by atoms with van der Waals surface area (Å²) in [6.07, 6.45) is 2.30. The second kappa shape index (κ2) is 6.89. The van der Waals surface area contributed by atoms with Gasteiger partial charge in [-0.25, -0.2) is 0 Å². The molecule has 2 rings (SSSR count). The molecule has 0 spiro atoms. The zero-order chi connectivity index (χ0) is 15.4. The Morgan fingerprint density at radius 3 is 2.71 bits per heavy atom. The van der Waals surface area contributed by atoms with E-state index in [-0.39, 0.29) is 5.91 Å². The van der Waals surface area contributed by atoms with Crippen molar-refractivity contribution in [3.63, 3.8) is 0 Å². The van der Waals surface area contributed by atoms with Gasteiger partial charge in [-0.3, -0.25) is 4.79 Å². The van der Waals surface area contributed by atoms with Gasteiger partial charge in [0, 0.05) is 13.0 Å². The highest BCUT2D eigenvalue weighted by Gasteiger charge is 2.13. The Morgan fingerprint density at radius 2 is 2.10 bits per heavy atom. The van der Waals surface area contributed by atoms with E-state index in [1.54, 1.807) is 18.4 Å². The molecule has 0 saturated heterocycles. The summed E-state index contributed by atoms with van der Waals surface area (Å²) in [6, 6.07) is 4.03. The number of aryl methyl sites for hydroxylation is 2. The molecule has 0 radical (unpaired) electrons. The molecule has 114 valence electrons. The number of aromatic nitrogens is 1. The SMILES string of the molecule is CCCC(=O)N=c1sc2c(C)ccc(OC)c2n1CCC. The predicted molar refractivity (Wildman–Crippen MR) is 86.9 cm³/mol. The lowest BCUT2D eigenvalue weighted by atomic mass is 10.2. The minimum Gasteiger partial charge on any atom is -0.495 e. The molecule has 0 unspecified atom stereocenters. The number of hydrogen-bond donors (Lipinski definition) is 0. The Hall–Kier alpha value is -1.62. The highest BCUT2D eigenvalue weighted by molar-refractivity contribution is 7.16. The van der Waals surface area contributed by atoms with Crippen molar-refractivity contribution in [1.82, 2.24) is 4.57 Å². The number of ether oxygens (including phenoxy) is 1. The molecule has 1 aromatic heterocycles. The Bertz CT molecular complexity index is 713. The molecule has 0 atom stereocenters. The normalized spacial score (nSPS) is 12.1. The molecular weight excluding hydrogens is 284 g/mol. The number of carbonyl (C=O) groups is 1. The maximum absolute atomic E-state index is 11.9. The van der Waals surface area contributed by atoms with Crippen LogP contribution >= 0.6 is 11.3 Å². The Balaban J connectivity index is 2.74. The van der Waals surface area contributed by atoms with Crippen molar-refractivity contribution >= 4 is 27.5 Å². The Morgan fingerprint density at radius 1 is 1.33 bits per heavy atom. The molecule has 21 heavy (non-hydrogen) atoms. The fraction of sp³-hybridized carbons (Fsp3) is 0.500. The maximum atomic E-state index is 11.9. The quantitative estimate of drug-likeness (QED) is 0.846. The van der Waals surface area contributed by atoms with Crippen molar-refractivity contribution in [3.8, 4) is 5.75 Å². The number of rotatable bonds is 5. The molecule has 5 heteroatoms. The topological polar surface area (TPSA) is 43.6 Å². The number of fused-ring (bicyclic) bond motifs is 1. The molecule has 0 aliphatic rings. The molecule has 0 bridgehead atoms. The van der Waals surface area contributed by atoms with Gasteiger partial charge >= 0.3 is 0 Å². The number of amides is 1. The van der Waals surface area contributed by atoms with Crippen LogP contribution in [0.2, 0.25) is 0 Å². The van der Waals surface area contributed by atoms with Crippen LogP contribution in [0.15, 0.2) is 17.1 Å². The molecule has 4 nitrogen and oxygen atoms in total.